The van der Waals surface area contributed by atoms with Gasteiger partial charge in [-0.2, -0.15) is 0 Å². The highest BCUT2D eigenvalue weighted by molar-refractivity contribution is 5.69. The first kappa shape index (κ1) is 12.7. The Kier molecular flexibility index (Phi) is 3.45. The fourth-order valence-electron chi connectivity index (χ4n) is 2.48. The van der Waals surface area contributed by atoms with E-state index in [2.05, 4.69) is 15.3 Å². The molecule has 2 N–H and O–H groups in total. The molecule has 0 spiro atoms. The fraction of sp³-hybridized carbons (Fsp3) is 0.583. The molecule has 0 aromatic carbocycles. The van der Waals surface area contributed by atoms with Crippen molar-refractivity contribution in [2.75, 3.05) is 5.32 Å². The van der Waals surface area contributed by atoms with Gasteiger partial charge in [0.1, 0.15) is 6.33 Å². The number of aliphatic carboxylic acids is 1. The van der Waals surface area contributed by atoms with Crippen molar-refractivity contribution in [2.45, 2.75) is 44.6 Å². The number of aryl methyl sites for hydroxylation is 1. The minimum Gasteiger partial charge on any atom is -0.481 e. The van der Waals surface area contributed by atoms with Crippen LogP contribution in [0.5, 0.6) is 0 Å². The average molecular weight is 253 g/mol. The molecule has 1 heterocycles. The Labute approximate surface area is 104 Å². The summed E-state index contributed by atoms with van der Waals surface area (Å²) < 4.78 is 13.8. The molecule has 0 saturated heterocycles. The summed E-state index contributed by atoms with van der Waals surface area (Å²) in [6, 6.07) is 0. The zero-order valence-electron chi connectivity index (χ0n) is 10.2. The van der Waals surface area contributed by atoms with Gasteiger partial charge in [-0.05, 0) is 19.8 Å². The van der Waals surface area contributed by atoms with Crippen LogP contribution in [0.25, 0.3) is 0 Å². The molecular weight excluding hydrogens is 237 g/mol. The number of hydrogen-bond donors (Lipinski definition) is 2. The predicted octanol–water partition coefficient (Wildman–Crippen LogP) is 2.12. The number of anilines is 1. The van der Waals surface area contributed by atoms with Crippen LogP contribution in [0.2, 0.25) is 0 Å². The van der Waals surface area contributed by atoms with Gasteiger partial charge in [0.05, 0.1) is 12.1 Å². The summed E-state index contributed by atoms with van der Waals surface area (Å²) in [7, 11) is 0. The lowest BCUT2D eigenvalue weighted by atomic mass is 9.93. The molecule has 0 aliphatic heterocycles. The molecule has 0 amide bonds. The van der Waals surface area contributed by atoms with E-state index in [0.29, 0.717) is 0 Å². The third-order valence-corrected chi connectivity index (χ3v) is 3.40. The molecule has 6 heteroatoms. The summed E-state index contributed by atoms with van der Waals surface area (Å²) in [5, 5.41) is 12.0. The van der Waals surface area contributed by atoms with Gasteiger partial charge in [-0.15, -0.1) is 0 Å². The normalized spacial score (nSPS) is 17.7. The van der Waals surface area contributed by atoms with Crippen LogP contribution in [0, 0.1) is 12.7 Å². The van der Waals surface area contributed by atoms with Crippen LogP contribution in [0.1, 0.15) is 37.8 Å². The van der Waals surface area contributed by atoms with Crippen molar-refractivity contribution in [1.29, 1.82) is 0 Å². The van der Waals surface area contributed by atoms with Crippen molar-refractivity contribution in [3.8, 4) is 0 Å². The van der Waals surface area contributed by atoms with Crippen molar-refractivity contribution < 1.29 is 14.3 Å². The maximum atomic E-state index is 13.8. The summed E-state index contributed by atoms with van der Waals surface area (Å²) in [4.78, 5) is 18.6. The predicted molar refractivity (Wildman–Crippen MR) is 63.8 cm³/mol. The topological polar surface area (TPSA) is 75.1 Å². The Morgan fingerprint density at radius 3 is 2.78 bits per heavy atom. The lowest BCUT2D eigenvalue weighted by Gasteiger charge is -2.29. The second kappa shape index (κ2) is 4.88. The molecule has 0 bridgehead atoms. The molecular formula is C12H16FN3O2. The van der Waals surface area contributed by atoms with E-state index in [1.54, 1.807) is 6.92 Å². The van der Waals surface area contributed by atoms with Gasteiger partial charge in [-0.3, -0.25) is 4.79 Å². The van der Waals surface area contributed by atoms with Crippen LogP contribution in [0.4, 0.5) is 10.2 Å². The van der Waals surface area contributed by atoms with Crippen LogP contribution >= 0.6 is 0 Å². The molecule has 1 saturated carbocycles. The van der Waals surface area contributed by atoms with E-state index < -0.39 is 17.3 Å². The second-order valence-electron chi connectivity index (χ2n) is 4.80. The molecule has 1 aromatic rings. The van der Waals surface area contributed by atoms with Gasteiger partial charge < -0.3 is 10.4 Å². The number of carboxylic acid groups (broad SMARTS) is 1. The Morgan fingerprint density at radius 2 is 2.17 bits per heavy atom. The van der Waals surface area contributed by atoms with E-state index in [1.807, 2.05) is 0 Å². The Balaban J connectivity index is 2.23. The van der Waals surface area contributed by atoms with Crippen molar-refractivity contribution in [2.24, 2.45) is 0 Å². The number of hydrogen-bond acceptors (Lipinski definition) is 4. The van der Waals surface area contributed by atoms with Crippen molar-refractivity contribution in [1.82, 2.24) is 9.97 Å². The Morgan fingerprint density at radius 1 is 1.50 bits per heavy atom. The fourth-order valence-corrected chi connectivity index (χ4v) is 2.48. The highest BCUT2D eigenvalue weighted by atomic mass is 19.1. The van der Waals surface area contributed by atoms with E-state index in [-0.39, 0.29) is 17.9 Å². The molecule has 1 aliphatic carbocycles. The largest absolute Gasteiger partial charge is 0.481 e. The first-order chi connectivity index (χ1) is 8.52. The summed E-state index contributed by atoms with van der Waals surface area (Å²) in [6.07, 6.45) is 4.61. The van der Waals surface area contributed by atoms with E-state index in [4.69, 9.17) is 5.11 Å². The smallest absolute Gasteiger partial charge is 0.305 e. The summed E-state index contributed by atoms with van der Waals surface area (Å²) in [5.74, 6) is -1.28. The van der Waals surface area contributed by atoms with Gasteiger partial charge >= 0.3 is 5.97 Å². The lowest BCUT2D eigenvalue weighted by Crippen LogP contribution is -2.38. The number of nitrogens with zero attached hydrogens (tertiary/aromatic N) is 2. The van der Waals surface area contributed by atoms with Crippen LogP contribution in [-0.2, 0) is 4.79 Å². The minimum absolute atomic E-state index is 0.0184. The number of carbonyl (C=O) groups is 1. The molecule has 0 radical (unpaired) electrons. The highest BCUT2D eigenvalue weighted by Gasteiger charge is 2.37. The van der Waals surface area contributed by atoms with E-state index >= 15 is 0 Å². The number of aromatic nitrogens is 2. The molecule has 1 fully saturated rings. The lowest BCUT2D eigenvalue weighted by molar-refractivity contribution is -0.138. The number of carboxylic acids is 1. The highest BCUT2D eigenvalue weighted by Crippen LogP contribution is 2.36. The molecule has 1 aromatic heterocycles. The number of rotatable bonds is 4. The summed E-state index contributed by atoms with van der Waals surface area (Å²) in [6.45, 7) is 1.56. The molecule has 5 nitrogen and oxygen atoms in total. The van der Waals surface area contributed by atoms with E-state index in [0.717, 1.165) is 25.7 Å². The zero-order chi connectivity index (χ0) is 13.2. The van der Waals surface area contributed by atoms with E-state index in [9.17, 15) is 9.18 Å². The van der Waals surface area contributed by atoms with Gasteiger partial charge in [0.2, 0.25) is 0 Å². The van der Waals surface area contributed by atoms with E-state index in [1.165, 1.54) is 6.33 Å². The van der Waals surface area contributed by atoms with Gasteiger partial charge in [-0.1, -0.05) is 12.8 Å². The van der Waals surface area contributed by atoms with Gasteiger partial charge in [0.15, 0.2) is 11.6 Å². The molecule has 18 heavy (non-hydrogen) atoms. The SMILES string of the molecule is Cc1ncnc(NC2(CC(=O)O)CCCC2)c1F. The zero-order valence-corrected chi connectivity index (χ0v) is 10.2. The quantitative estimate of drug-likeness (QED) is 0.859. The first-order valence-corrected chi connectivity index (χ1v) is 5.99. The van der Waals surface area contributed by atoms with Gasteiger partial charge in [0.25, 0.3) is 0 Å². The minimum atomic E-state index is -0.879. The number of nitrogens with one attached hydrogen (secondary N) is 1. The standard InChI is InChI=1S/C12H16FN3O2/c1-8-10(13)11(15-7-14-8)16-12(6-9(17)18)4-2-3-5-12/h7H,2-6H2,1H3,(H,17,18)(H,14,15,16). The van der Waals surface area contributed by atoms with Crippen molar-refractivity contribution in [3.63, 3.8) is 0 Å². The average Bonchev–Trinajstić information content (AvgIpc) is 2.72. The molecule has 98 valence electrons. The second-order valence-corrected chi connectivity index (χ2v) is 4.80. The first-order valence-electron chi connectivity index (χ1n) is 5.99. The van der Waals surface area contributed by atoms with Crippen LogP contribution in [-0.4, -0.2) is 26.6 Å². The summed E-state index contributed by atoms with van der Waals surface area (Å²) >= 11 is 0. The third kappa shape index (κ3) is 2.57. The molecule has 1 aliphatic rings. The van der Waals surface area contributed by atoms with Crippen molar-refractivity contribution in [3.05, 3.63) is 17.8 Å². The van der Waals surface area contributed by atoms with Crippen LogP contribution in [0.15, 0.2) is 6.33 Å². The summed E-state index contributed by atoms with van der Waals surface area (Å²) in [5.41, 5.74) is -0.316. The monoisotopic (exact) mass is 253 g/mol. The third-order valence-electron chi connectivity index (χ3n) is 3.40. The van der Waals surface area contributed by atoms with Crippen LogP contribution in [0.3, 0.4) is 0 Å². The maximum Gasteiger partial charge on any atom is 0.305 e. The maximum absolute atomic E-state index is 13.8. The van der Waals surface area contributed by atoms with Crippen LogP contribution < -0.4 is 5.32 Å². The van der Waals surface area contributed by atoms with Crippen molar-refractivity contribution >= 4 is 11.8 Å². The Hall–Kier alpha value is -1.72. The Bertz CT molecular complexity index is 459. The van der Waals surface area contributed by atoms with Gasteiger partial charge in [-0.25, -0.2) is 14.4 Å². The number of halogens is 1. The molecule has 0 unspecified atom stereocenters. The van der Waals surface area contributed by atoms with Gasteiger partial charge in [0, 0.05) is 5.54 Å². The molecule has 0 atom stereocenters. The molecule has 2 rings (SSSR count).